The van der Waals surface area contributed by atoms with Crippen molar-refractivity contribution < 1.29 is 9.53 Å². The van der Waals surface area contributed by atoms with Gasteiger partial charge in [-0.05, 0) is 65.9 Å². The van der Waals surface area contributed by atoms with Gasteiger partial charge in [0.05, 0.1) is 0 Å². The van der Waals surface area contributed by atoms with Crippen LogP contribution in [0.5, 0.6) is 5.75 Å². The Labute approximate surface area is 126 Å². The molecule has 2 aromatic carbocycles. The Morgan fingerprint density at radius 3 is 2.37 bits per heavy atom. The summed E-state index contributed by atoms with van der Waals surface area (Å²) in [7, 11) is 0. The van der Waals surface area contributed by atoms with Crippen molar-refractivity contribution in [1.29, 1.82) is 0 Å². The quantitative estimate of drug-likeness (QED) is 0.837. The number of ether oxygens (including phenoxy) is 1. The van der Waals surface area contributed by atoms with E-state index < -0.39 is 6.10 Å². The maximum absolute atomic E-state index is 12.0. The second kappa shape index (κ2) is 6.56. The van der Waals surface area contributed by atoms with Crippen molar-refractivity contribution in [2.24, 2.45) is 0 Å². The van der Waals surface area contributed by atoms with E-state index in [0.29, 0.717) is 5.75 Å². The molecular weight excluding hydrogens is 353 g/mol. The largest absolute Gasteiger partial charge is 0.481 e. The molecule has 0 saturated heterocycles. The van der Waals surface area contributed by atoms with Crippen LogP contribution in [-0.2, 0) is 4.79 Å². The maximum atomic E-state index is 12.0. The van der Waals surface area contributed by atoms with E-state index in [9.17, 15) is 4.79 Å². The number of para-hydroxylation sites is 1. The highest BCUT2D eigenvalue weighted by Gasteiger charge is 2.14. The number of halogens is 1. The van der Waals surface area contributed by atoms with Crippen molar-refractivity contribution in [1.82, 2.24) is 0 Å². The smallest absolute Gasteiger partial charge is 0.265 e. The van der Waals surface area contributed by atoms with Crippen molar-refractivity contribution >= 4 is 34.2 Å². The Hall–Kier alpha value is -1.56. The Morgan fingerprint density at radius 1 is 1.11 bits per heavy atom. The molecule has 0 bridgehead atoms. The molecule has 1 atom stereocenters. The lowest BCUT2D eigenvalue weighted by Crippen LogP contribution is -2.30. The molecule has 1 N–H and O–H groups in total. The molecule has 1 unspecified atom stereocenters. The van der Waals surface area contributed by atoms with Crippen LogP contribution in [0, 0.1) is 3.57 Å². The minimum Gasteiger partial charge on any atom is -0.481 e. The number of nitrogens with one attached hydrogen (secondary N) is 1. The lowest BCUT2D eigenvalue weighted by Gasteiger charge is -2.14. The first-order valence-corrected chi connectivity index (χ1v) is 7.01. The van der Waals surface area contributed by atoms with E-state index in [2.05, 4.69) is 27.9 Å². The molecule has 0 radical (unpaired) electrons. The van der Waals surface area contributed by atoms with E-state index in [1.165, 1.54) is 0 Å². The fourth-order valence-electron chi connectivity index (χ4n) is 1.53. The molecule has 0 aromatic heterocycles. The molecule has 0 aliphatic carbocycles. The molecule has 0 fully saturated rings. The number of hydrogen-bond donors (Lipinski definition) is 1. The van der Waals surface area contributed by atoms with Gasteiger partial charge in [0.1, 0.15) is 5.75 Å². The summed E-state index contributed by atoms with van der Waals surface area (Å²) < 4.78 is 6.69. The summed E-state index contributed by atoms with van der Waals surface area (Å²) >= 11 is 2.22. The van der Waals surface area contributed by atoms with Crippen LogP contribution in [-0.4, -0.2) is 12.0 Å². The fourth-order valence-corrected chi connectivity index (χ4v) is 1.89. The summed E-state index contributed by atoms with van der Waals surface area (Å²) in [5, 5.41) is 2.82. The van der Waals surface area contributed by atoms with Crippen molar-refractivity contribution in [3.05, 3.63) is 58.2 Å². The van der Waals surface area contributed by atoms with Gasteiger partial charge < -0.3 is 10.1 Å². The van der Waals surface area contributed by atoms with Gasteiger partial charge in [-0.25, -0.2) is 0 Å². The van der Waals surface area contributed by atoms with Crippen molar-refractivity contribution in [2.75, 3.05) is 5.32 Å². The van der Waals surface area contributed by atoms with E-state index in [4.69, 9.17) is 4.74 Å². The van der Waals surface area contributed by atoms with E-state index in [1.807, 2.05) is 54.6 Å². The predicted octanol–water partition coefficient (Wildman–Crippen LogP) is 3.70. The molecule has 1 amide bonds. The molecule has 0 aliphatic rings. The zero-order valence-electron chi connectivity index (χ0n) is 10.5. The number of benzene rings is 2. The summed E-state index contributed by atoms with van der Waals surface area (Å²) in [6, 6.07) is 16.9. The lowest BCUT2D eigenvalue weighted by atomic mass is 10.3. The Bertz CT molecular complexity index is 540. The molecule has 2 rings (SSSR count). The number of amides is 1. The number of anilines is 1. The average Bonchev–Trinajstić information content (AvgIpc) is 2.42. The summed E-state index contributed by atoms with van der Waals surface area (Å²) in [6.07, 6.45) is -0.540. The van der Waals surface area contributed by atoms with Gasteiger partial charge in [0.25, 0.3) is 5.91 Å². The van der Waals surface area contributed by atoms with Crippen LogP contribution in [0.25, 0.3) is 0 Å². The van der Waals surface area contributed by atoms with E-state index >= 15 is 0 Å². The van der Waals surface area contributed by atoms with Gasteiger partial charge in [-0.1, -0.05) is 18.2 Å². The molecule has 0 saturated carbocycles. The lowest BCUT2D eigenvalue weighted by molar-refractivity contribution is -0.122. The maximum Gasteiger partial charge on any atom is 0.265 e. The first-order valence-electron chi connectivity index (χ1n) is 5.93. The molecule has 19 heavy (non-hydrogen) atoms. The molecule has 98 valence electrons. The normalized spacial score (nSPS) is 11.7. The third kappa shape index (κ3) is 4.24. The summed E-state index contributed by atoms with van der Waals surface area (Å²) in [5.41, 5.74) is 0.772. The number of carbonyl (C=O) groups is 1. The first-order chi connectivity index (χ1) is 9.15. The second-order valence-corrected chi connectivity index (χ2v) is 5.31. The number of hydrogen-bond acceptors (Lipinski definition) is 2. The summed E-state index contributed by atoms with van der Waals surface area (Å²) in [6.45, 7) is 1.73. The van der Waals surface area contributed by atoms with E-state index in [1.54, 1.807) is 6.92 Å². The van der Waals surface area contributed by atoms with E-state index in [0.717, 1.165) is 9.26 Å². The summed E-state index contributed by atoms with van der Waals surface area (Å²) in [5.74, 6) is 0.526. The highest BCUT2D eigenvalue weighted by molar-refractivity contribution is 14.1. The fraction of sp³-hybridized carbons (Fsp3) is 0.133. The van der Waals surface area contributed by atoms with Crippen LogP contribution < -0.4 is 10.1 Å². The molecule has 0 aliphatic heterocycles. The first kappa shape index (κ1) is 13.9. The molecular formula is C15H14INO2. The average molecular weight is 367 g/mol. The minimum absolute atomic E-state index is 0.162. The Balaban J connectivity index is 1.94. The summed E-state index contributed by atoms with van der Waals surface area (Å²) in [4.78, 5) is 12.0. The van der Waals surface area contributed by atoms with Crippen LogP contribution in [0.1, 0.15) is 6.92 Å². The van der Waals surface area contributed by atoms with Crippen molar-refractivity contribution in [2.45, 2.75) is 13.0 Å². The van der Waals surface area contributed by atoms with Crippen LogP contribution in [0.4, 0.5) is 5.69 Å². The van der Waals surface area contributed by atoms with Gasteiger partial charge in [0.2, 0.25) is 0 Å². The third-order valence-corrected chi connectivity index (χ3v) is 3.26. The van der Waals surface area contributed by atoms with Crippen LogP contribution in [0.3, 0.4) is 0 Å². The van der Waals surface area contributed by atoms with Crippen LogP contribution in [0.15, 0.2) is 54.6 Å². The minimum atomic E-state index is -0.540. The SMILES string of the molecule is CC(Oc1ccccc1)C(=O)Nc1ccc(I)cc1. The molecule has 3 nitrogen and oxygen atoms in total. The van der Waals surface area contributed by atoms with Gasteiger partial charge >= 0.3 is 0 Å². The monoisotopic (exact) mass is 367 g/mol. The molecule has 0 heterocycles. The topological polar surface area (TPSA) is 38.3 Å². The van der Waals surface area contributed by atoms with E-state index in [-0.39, 0.29) is 5.91 Å². The molecule has 4 heteroatoms. The Kier molecular flexibility index (Phi) is 4.79. The standard InChI is InChI=1S/C15H14INO2/c1-11(19-14-5-3-2-4-6-14)15(18)17-13-9-7-12(16)8-10-13/h2-11H,1H3,(H,17,18). The van der Waals surface area contributed by atoms with Crippen molar-refractivity contribution in [3.8, 4) is 5.75 Å². The third-order valence-electron chi connectivity index (χ3n) is 2.54. The molecule has 0 spiro atoms. The predicted molar refractivity (Wildman–Crippen MR) is 84.3 cm³/mol. The Morgan fingerprint density at radius 2 is 1.74 bits per heavy atom. The zero-order valence-corrected chi connectivity index (χ0v) is 12.6. The van der Waals surface area contributed by atoms with Gasteiger partial charge in [-0.15, -0.1) is 0 Å². The zero-order chi connectivity index (χ0) is 13.7. The molecule has 2 aromatic rings. The van der Waals surface area contributed by atoms with Crippen LogP contribution in [0.2, 0.25) is 0 Å². The second-order valence-electron chi connectivity index (χ2n) is 4.07. The van der Waals surface area contributed by atoms with Gasteiger partial charge in [-0.3, -0.25) is 4.79 Å². The van der Waals surface area contributed by atoms with Gasteiger partial charge in [0, 0.05) is 9.26 Å². The highest BCUT2D eigenvalue weighted by Crippen LogP contribution is 2.14. The highest BCUT2D eigenvalue weighted by atomic mass is 127. The number of carbonyl (C=O) groups excluding carboxylic acids is 1. The van der Waals surface area contributed by atoms with Crippen molar-refractivity contribution in [3.63, 3.8) is 0 Å². The van der Waals surface area contributed by atoms with Crippen LogP contribution >= 0.6 is 22.6 Å². The number of rotatable bonds is 4. The van der Waals surface area contributed by atoms with Gasteiger partial charge in [0.15, 0.2) is 6.10 Å². The van der Waals surface area contributed by atoms with Gasteiger partial charge in [-0.2, -0.15) is 0 Å².